The van der Waals surface area contributed by atoms with E-state index < -0.39 is 0 Å². The number of piperazine rings is 1. The molecule has 2 aromatic heterocycles. The van der Waals surface area contributed by atoms with Gasteiger partial charge in [0.1, 0.15) is 5.82 Å². The third-order valence-electron chi connectivity index (χ3n) is 5.98. The van der Waals surface area contributed by atoms with Gasteiger partial charge in [-0.2, -0.15) is 0 Å². The topological polar surface area (TPSA) is 94.2 Å². The number of aromatic nitrogens is 2. The Labute approximate surface area is 164 Å². The Balaban J connectivity index is 1.36. The van der Waals surface area contributed by atoms with Crippen LogP contribution in [-0.2, 0) is 4.79 Å². The molecule has 0 aliphatic carbocycles. The van der Waals surface area contributed by atoms with Gasteiger partial charge >= 0.3 is 0 Å². The van der Waals surface area contributed by atoms with Gasteiger partial charge in [0.25, 0.3) is 0 Å². The summed E-state index contributed by atoms with van der Waals surface area (Å²) in [5.74, 6) is 1.35. The minimum atomic E-state index is 0.0526. The molecule has 0 radical (unpaired) electrons. The summed E-state index contributed by atoms with van der Waals surface area (Å²) < 4.78 is 0. The molecule has 0 saturated carbocycles. The van der Waals surface area contributed by atoms with E-state index in [0.717, 1.165) is 31.0 Å². The van der Waals surface area contributed by atoms with Crippen molar-refractivity contribution in [1.29, 1.82) is 0 Å². The summed E-state index contributed by atoms with van der Waals surface area (Å²) in [7, 11) is 0. The van der Waals surface area contributed by atoms with E-state index in [1.807, 2.05) is 35.5 Å². The molecule has 3 aliphatic rings. The van der Waals surface area contributed by atoms with Gasteiger partial charge in [0.2, 0.25) is 5.91 Å². The molecule has 0 spiro atoms. The smallest absolute Gasteiger partial charge is 0.239 e. The van der Waals surface area contributed by atoms with E-state index in [1.165, 1.54) is 5.56 Å². The van der Waals surface area contributed by atoms with Gasteiger partial charge < -0.3 is 15.5 Å². The zero-order chi connectivity index (χ0) is 18.9. The van der Waals surface area contributed by atoms with Crippen LogP contribution in [0.25, 0.3) is 0 Å². The van der Waals surface area contributed by atoms with Crippen molar-refractivity contribution in [2.75, 3.05) is 31.1 Å². The van der Waals surface area contributed by atoms with Crippen molar-refractivity contribution in [3.05, 3.63) is 54.0 Å². The average molecular weight is 379 g/mol. The van der Waals surface area contributed by atoms with Crippen molar-refractivity contribution in [3.8, 4) is 0 Å². The number of nitrogens with zero attached hydrogens (tertiary/aromatic N) is 3. The largest absolute Gasteiger partial charge is 0.353 e. The predicted molar refractivity (Wildman–Crippen MR) is 105 cm³/mol. The van der Waals surface area contributed by atoms with E-state index in [0.29, 0.717) is 31.1 Å². The first-order valence-electron chi connectivity index (χ1n) is 9.91. The molecule has 0 bridgehead atoms. The molecule has 0 aromatic carbocycles. The SMILES string of the molecule is O=C1CN(c2cccc(C3NNC4CNC(c5cccnc5)CC43)n2)CCN1. The number of carbonyl (C=O) groups excluding carboxylic acids is 1. The lowest BCUT2D eigenvalue weighted by Gasteiger charge is -2.34. The van der Waals surface area contributed by atoms with Crippen molar-refractivity contribution >= 4 is 11.7 Å². The number of hydrogen-bond acceptors (Lipinski definition) is 7. The Morgan fingerprint density at radius 1 is 1.14 bits per heavy atom. The lowest BCUT2D eigenvalue weighted by Crippen LogP contribution is -2.48. The first-order valence-corrected chi connectivity index (χ1v) is 9.91. The number of anilines is 1. The van der Waals surface area contributed by atoms with Crippen LogP contribution in [0.15, 0.2) is 42.7 Å². The molecule has 3 saturated heterocycles. The third kappa shape index (κ3) is 3.34. The van der Waals surface area contributed by atoms with Gasteiger partial charge in [0.05, 0.1) is 18.3 Å². The van der Waals surface area contributed by atoms with Crippen LogP contribution >= 0.6 is 0 Å². The minimum absolute atomic E-state index is 0.0526. The van der Waals surface area contributed by atoms with Crippen LogP contribution in [-0.4, -0.2) is 48.1 Å². The van der Waals surface area contributed by atoms with E-state index in [2.05, 4.69) is 38.6 Å². The lowest BCUT2D eigenvalue weighted by atomic mass is 9.81. The van der Waals surface area contributed by atoms with Crippen molar-refractivity contribution in [1.82, 2.24) is 31.5 Å². The molecule has 2 aromatic rings. The maximum atomic E-state index is 11.7. The fourth-order valence-corrected chi connectivity index (χ4v) is 4.52. The van der Waals surface area contributed by atoms with Gasteiger partial charge in [-0.3, -0.25) is 15.2 Å². The first kappa shape index (κ1) is 17.5. The van der Waals surface area contributed by atoms with Crippen molar-refractivity contribution in [2.45, 2.75) is 24.5 Å². The molecule has 8 nitrogen and oxygen atoms in total. The molecule has 146 valence electrons. The summed E-state index contributed by atoms with van der Waals surface area (Å²) in [6, 6.07) is 11.0. The second-order valence-electron chi connectivity index (χ2n) is 7.71. The van der Waals surface area contributed by atoms with Gasteiger partial charge in [-0.05, 0) is 30.2 Å². The van der Waals surface area contributed by atoms with Gasteiger partial charge in [-0.15, -0.1) is 0 Å². The highest BCUT2D eigenvalue weighted by Gasteiger charge is 2.42. The zero-order valence-corrected chi connectivity index (χ0v) is 15.6. The highest BCUT2D eigenvalue weighted by Crippen LogP contribution is 2.38. The third-order valence-corrected chi connectivity index (χ3v) is 5.98. The molecule has 3 aliphatic heterocycles. The number of piperidine rings is 1. The molecule has 5 heterocycles. The highest BCUT2D eigenvalue weighted by atomic mass is 16.2. The fraction of sp³-hybridized carbons (Fsp3) is 0.450. The van der Waals surface area contributed by atoms with E-state index in [9.17, 15) is 4.79 Å². The Morgan fingerprint density at radius 2 is 2.11 bits per heavy atom. The van der Waals surface area contributed by atoms with Crippen LogP contribution in [0.3, 0.4) is 0 Å². The molecular formula is C20H25N7O. The number of carbonyl (C=O) groups is 1. The van der Waals surface area contributed by atoms with Gasteiger partial charge in [0, 0.05) is 50.0 Å². The maximum Gasteiger partial charge on any atom is 0.239 e. The fourth-order valence-electron chi connectivity index (χ4n) is 4.52. The number of pyridine rings is 2. The van der Waals surface area contributed by atoms with Crippen molar-refractivity contribution in [3.63, 3.8) is 0 Å². The van der Waals surface area contributed by atoms with Gasteiger partial charge in [-0.25, -0.2) is 10.4 Å². The normalized spacial score (nSPS) is 30.0. The first-order chi connectivity index (χ1) is 13.8. The zero-order valence-electron chi connectivity index (χ0n) is 15.6. The van der Waals surface area contributed by atoms with E-state index in [-0.39, 0.29) is 11.9 Å². The Kier molecular flexibility index (Phi) is 4.67. The lowest BCUT2D eigenvalue weighted by molar-refractivity contribution is -0.120. The quantitative estimate of drug-likeness (QED) is 0.609. The molecule has 28 heavy (non-hydrogen) atoms. The van der Waals surface area contributed by atoms with Crippen LogP contribution in [0, 0.1) is 5.92 Å². The molecule has 4 atom stereocenters. The number of rotatable bonds is 3. The maximum absolute atomic E-state index is 11.7. The Hall–Kier alpha value is -2.55. The number of hydrogen-bond donors (Lipinski definition) is 4. The van der Waals surface area contributed by atoms with Crippen LogP contribution in [0.1, 0.15) is 29.8 Å². The summed E-state index contributed by atoms with van der Waals surface area (Å²) in [6.07, 6.45) is 4.77. The molecule has 5 rings (SSSR count). The number of amides is 1. The summed E-state index contributed by atoms with van der Waals surface area (Å²) in [4.78, 5) is 23.0. The number of nitrogens with one attached hydrogen (secondary N) is 4. The van der Waals surface area contributed by atoms with Crippen LogP contribution < -0.4 is 26.4 Å². The second-order valence-corrected chi connectivity index (χ2v) is 7.71. The standard InChI is InChI=1S/C20H25N7O/c28-19-12-27(8-7-22-19)18-5-1-4-15(24-18)20-14-9-16(13-3-2-6-21-10-13)23-11-17(14)25-26-20/h1-6,10,14,16-17,20,23,25-26H,7-9,11-12H2,(H,22,28). The van der Waals surface area contributed by atoms with E-state index in [4.69, 9.17) is 4.98 Å². The summed E-state index contributed by atoms with van der Waals surface area (Å²) in [6.45, 7) is 2.72. The van der Waals surface area contributed by atoms with E-state index in [1.54, 1.807) is 0 Å². The number of hydrazine groups is 1. The number of fused-ring (bicyclic) bond motifs is 1. The predicted octanol–water partition coefficient (Wildman–Crippen LogP) is 0.281. The molecular weight excluding hydrogens is 354 g/mol. The highest BCUT2D eigenvalue weighted by molar-refractivity contribution is 5.82. The van der Waals surface area contributed by atoms with E-state index >= 15 is 0 Å². The van der Waals surface area contributed by atoms with Crippen LogP contribution in [0.5, 0.6) is 0 Å². The second kappa shape index (κ2) is 7.46. The molecule has 4 unspecified atom stereocenters. The Morgan fingerprint density at radius 3 is 2.96 bits per heavy atom. The summed E-state index contributed by atoms with van der Waals surface area (Å²) in [5.41, 5.74) is 9.15. The monoisotopic (exact) mass is 379 g/mol. The molecule has 8 heteroatoms. The molecule has 1 amide bonds. The Bertz CT molecular complexity index is 845. The van der Waals surface area contributed by atoms with Crippen LogP contribution in [0.2, 0.25) is 0 Å². The van der Waals surface area contributed by atoms with Gasteiger partial charge in [-0.1, -0.05) is 12.1 Å². The summed E-state index contributed by atoms with van der Waals surface area (Å²) >= 11 is 0. The molecule has 3 fully saturated rings. The van der Waals surface area contributed by atoms with Crippen molar-refractivity contribution < 1.29 is 4.79 Å². The van der Waals surface area contributed by atoms with Gasteiger partial charge in [0.15, 0.2) is 0 Å². The molecule has 4 N–H and O–H groups in total. The summed E-state index contributed by atoms with van der Waals surface area (Å²) in [5, 5.41) is 6.50. The van der Waals surface area contributed by atoms with Crippen LogP contribution in [0.4, 0.5) is 5.82 Å². The average Bonchev–Trinajstić information content (AvgIpc) is 3.18. The minimum Gasteiger partial charge on any atom is -0.353 e. The van der Waals surface area contributed by atoms with Crippen molar-refractivity contribution in [2.24, 2.45) is 5.92 Å².